The normalized spacial score (nSPS) is 10.4. The lowest BCUT2D eigenvalue weighted by Crippen LogP contribution is -2.33. The zero-order valence-corrected chi connectivity index (χ0v) is 19.7. The van der Waals surface area contributed by atoms with Crippen LogP contribution in [0.25, 0.3) is 0 Å². The fourth-order valence-electron chi connectivity index (χ4n) is 2.99. The van der Waals surface area contributed by atoms with Gasteiger partial charge in [-0.2, -0.15) is 10.1 Å². The summed E-state index contributed by atoms with van der Waals surface area (Å²) in [6, 6.07) is 13.1. The average molecular weight is 467 g/mol. The number of rotatable bonds is 12. The standard InChI is InChI=1S/C24H30N6O4/c1-18-7-9-20(10-8-18)34-14-13-29(2)24(32)17-30-16-19(15-26-30)27-22(31)11-12-25-21-5-4-6-23(28-21)33-3/h4-10,15-16H,11-14,17H2,1-3H3,(H,25,28)(H,27,31). The van der Waals surface area contributed by atoms with Gasteiger partial charge in [-0.15, -0.1) is 0 Å². The number of hydrogen-bond donors (Lipinski definition) is 2. The molecule has 2 N–H and O–H groups in total. The number of benzene rings is 1. The molecule has 0 fully saturated rings. The Morgan fingerprint density at radius 3 is 2.71 bits per heavy atom. The van der Waals surface area contributed by atoms with Crippen LogP contribution in [0.4, 0.5) is 11.5 Å². The molecule has 0 aliphatic rings. The number of aromatic nitrogens is 3. The quantitative estimate of drug-likeness (QED) is 0.422. The zero-order valence-electron chi connectivity index (χ0n) is 19.7. The van der Waals surface area contributed by atoms with Crippen LogP contribution in [0.1, 0.15) is 12.0 Å². The molecule has 2 amide bonds. The van der Waals surface area contributed by atoms with Crippen LogP contribution in [0, 0.1) is 6.92 Å². The van der Waals surface area contributed by atoms with Gasteiger partial charge in [-0.1, -0.05) is 23.8 Å². The maximum atomic E-state index is 12.5. The van der Waals surface area contributed by atoms with Crippen LogP contribution in [0.3, 0.4) is 0 Å². The Morgan fingerprint density at radius 2 is 1.94 bits per heavy atom. The van der Waals surface area contributed by atoms with Crippen LogP contribution in [0.2, 0.25) is 0 Å². The Bertz CT molecular complexity index is 1080. The van der Waals surface area contributed by atoms with Crippen LogP contribution < -0.4 is 20.1 Å². The number of anilines is 2. The largest absolute Gasteiger partial charge is 0.492 e. The fourth-order valence-corrected chi connectivity index (χ4v) is 2.99. The maximum Gasteiger partial charge on any atom is 0.244 e. The van der Waals surface area contributed by atoms with Crippen molar-refractivity contribution in [3.05, 3.63) is 60.4 Å². The first-order chi connectivity index (χ1) is 16.4. The summed E-state index contributed by atoms with van der Waals surface area (Å²) in [5.41, 5.74) is 1.69. The van der Waals surface area contributed by atoms with Crippen molar-refractivity contribution in [1.82, 2.24) is 19.7 Å². The van der Waals surface area contributed by atoms with E-state index in [1.54, 1.807) is 37.4 Å². The van der Waals surface area contributed by atoms with E-state index in [-0.39, 0.29) is 24.8 Å². The lowest BCUT2D eigenvalue weighted by atomic mass is 10.2. The molecule has 10 heteroatoms. The Morgan fingerprint density at radius 1 is 1.15 bits per heavy atom. The molecule has 0 spiro atoms. The van der Waals surface area contributed by atoms with Crippen LogP contribution >= 0.6 is 0 Å². The number of pyridine rings is 1. The minimum absolute atomic E-state index is 0.0694. The van der Waals surface area contributed by atoms with E-state index in [2.05, 4.69) is 20.7 Å². The van der Waals surface area contributed by atoms with Crippen molar-refractivity contribution in [2.24, 2.45) is 0 Å². The number of aryl methyl sites for hydroxylation is 1. The third-order valence-electron chi connectivity index (χ3n) is 4.95. The summed E-state index contributed by atoms with van der Waals surface area (Å²) in [6.45, 7) is 3.34. The summed E-state index contributed by atoms with van der Waals surface area (Å²) in [6.07, 6.45) is 3.39. The minimum Gasteiger partial charge on any atom is -0.492 e. The highest BCUT2D eigenvalue weighted by molar-refractivity contribution is 5.90. The molecule has 3 aromatic rings. The number of nitrogens with one attached hydrogen (secondary N) is 2. The van der Waals surface area contributed by atoms with Gasteiger partial charge in [0.2, 0.25) is 17.7 Å². The van der Waals surface area contributed by atoms with Crippen molar-refractivity contribution >= 4 is 23.3 Å². The van der Waals surface area contributed by atoms with E-state index in [9.17, 15) is 9.59 Å². The van der Waals surface area contributed by atoms with Crippen molar-refractivity contribution < 1.29 is 19.1 Å². The molecule has 10 nitrogen and oxygen atoms in total. The summed E-state index contributed by atoms with van der Waals surface area (Å²) in [4.78, 5) is 30.5. The summed E-state index contributed by atoms with van der Waals surface area (Å²) in [7, 11) is 3.27. The number of methoxy groups -OCH3 is 1. The highest BCUT2D eigenvalue weighted by Gasteiger charge is 2.12. The zero-order chi connectivity index (χ0) is 24.3. The van der Waals surface area contributed by atoms with Gasteiger partial charge in [0.25, 0.3) is 0 Å². The van der Waals surface area contributed by atoms with Crippen LogP contribution in [-0.4, -0.2) is 65.3 Å². The van der Waals surface area contributed by atoms with Gasteiger partial charge in [-0.3, -0.25) is 14.3 Å². The van der Waals surface area contributed by atoms with Gasteiger partial charge in [0.15, 0.2) is 0 Å². The van der Waals surface area contributed by atoms with Crippen molar-refractivity contribution in [2.75, 3.05) is 44.5 Å². The molecule has 0 aliphatic carbocycles. The Hall–Kier alpha value is -4.08. The van der Waals surface area contributed by atoms with Gasteiger partial charge in [0.1, 0.15) is 24.7 Å². The molecule has 180 valence electrons. The van der Waals surface area contributed by atoms with E-state index in [4.69, 9.17) is 9.47 Å². The van der Waals surface area contributed by atoms with Crippen molar-refractivity contribution in [3.63, 3.8) is 0 Å². The first kappa shape index (κ1) is 24.6. The lowest BCUT2D eigenvalue weighted by molar-refractivity contribution is -0.131. The smallest absolute Gasteiger partial charge is 0.244 e. The lowest BCUT2D eigenvalue weighted by Gasteiger charge is -2.17. The summed E-state index contributed by atoms with van der Waals surface area (Å²) >= 11 is 0. The molecule has 0 aliphatic heterocycles. The molecule has 0 saturated heterocycles. The van der Waals surface area contributed by atoms with Gasteiger partial charge < -0.3 is 25.0 Å². The predicted octanol–water partition coefficient (Wildman–Crippen LogP) is 2.57. The number of amides is 2. The molecule has 2 aromatic heterocycles. The van der Waals surface area contributed by atoms with E-state index >= 15 is 0 Å². The van der Waals surface area contributed by atoms with Gasteiger partial charge in [0, 0.05) is 32.3 Å². The minimum atomic E-state index is -0.174. The van der Waals surface area contributed by atoms with Gasteiger partial charge in [-0.05, 0) is 25.1 Å². The number of carbonyl (C=O) groups is 2. The first-order valence-electron chi connectivity index (χ1n) is 10.9. The third kappa shape index (κ3) is 7.80. The molecule has 0 unspecified atom stereocenters. The predicted molar refractivity (Wildman–Crippen MR) is 129 cm³/mol. The molecule has 0 saturated carbocycles. The third-order valence-corrected chi connectivity index (χ3v) is 4.95. The highest BCUT2D eigenvalue weighted by atomic mass is 16.5. The number of nitrogens with zero attached hydrogens (tertiary/aromatic N) is 4. The molecule has 34 heavy (non-hydrogen) atoms. The second kappa shape index (κ2) is 12.2. The fraction of sp³-hybridized carbons (Fsp3) is 0.333. The Labute approximate surface area is 198 Å². The van der Waals surface area contributed by atoms with Crippen molar-refractivity contribution in [1.29, 1.82) is 0 Å². The summed E-state index contributed by atoms with van der Waals surface area (Å²) in [5, 5.41) is 10.0. The van der Waals surface area contributed by atoms with Crippen LogP contribution in [-0.2, 0) is 16.1 Å². The van der Waals surface area contributed by atoms with Gasteiger partial charge in [-0.25, -0.2) is 0 Å². The first-order valence-corrected chi connectivity index (χ1v) is 10.9. The molecule has 1 aromatic carbocycles. The van der Waals surface area contributed by atoms with Crippen molar-refractivity contribution in [2.45, 2.75) is 19.9 Å². The van der Waals surface area contributed by atoms with E-state index in [1.807, 2.05) is 37.3 Å². The summed E-state index contributed by atoms with van der Waals surface area (Å²) in [5.74, 6) is 1.62. The van der Waals surface area contributed by atoms with Crippen LogP contribution in [0.15, 0.2) is 54.9 Å². The van der Waals surface area contributed by atoms with Gasteiger partial charge in [0.05, 0.1) is 25.5 Å². The van der Waals surface area contributed by atoms with E-state index in [0.717, 1.165) is 11.3 Å². The second-order valence-corrected chi connectivity index (χ2v) is 7.69. The number of likely N-dealkylation sites (N-methyl/N-ethyl adjacent to an activating group) is 1. The van der Waals surface area contributed by atoms with Crippen LogP contribution in [0.5, 0.6) is 11.6 Å². The molecule has 3 rings (SSSR count). The molecule has 2 heterocycles. The van der Waals surface area contributed by atoms with E-state index < -0.39 is 0 Å². The van der Waals surface area contributed by atoms with Gasteiger partial charge >= 0.3 is 0 Å². The molecule has 0 atom stereocenters. The van der Waals surface area contributed by atoms with E-state index in [1.165, 1.54) is 10.9 Å². The van der Waals surface area contributed by atoms with E-state index in [0.29, 0.717) is 37.1 Å². The SMILES string of the molecule is COc1cccc(NCCC(=O)Nc2cnn(CC(=O)N(C)CCOc3ccc(C)cc3)c2)n1. The Balaban J connectivity index is 1.36. The molecular formula is C24H30N6O4. The monoisotopic (exact) mass is 466 g/mol. The number of hydrogen-bond acceptors (Lipinski definition) is 7. The Kier molecular flexibility index (Phi) is 8.84. The van der Waals surface area contributed by atoms with Crippen molar-refractivity contribution in [3.8, 4) is 11.6 Å². The molecule has 0 radical (unpaired) electrons. The maximum absolute atomic E-state index is 12.5. The topological polar surface area (TPSA) is 111 Å². The number of carbonyl (C=O) groups excluding carboxylic acids is 2. The molecular weight excluding hydrogens is 436 g/mol. The highest BCUT2D eigenvalue weighted by Crippen LogP contribution is 2.12. The molecule has 0 bridgehead atoms. The number of ether oxygens (including phenoxy) is 2. The average Bonchev–Trinajstić information content (AvgIpc) is 3.26. The second-order valence-electron chi connectivity index (χ2n) is 7.69. The summed E-state index contributed by atoms with van der Waals surface area (Å²) < 4.78 is 12.2.